The van der Waals surface area contributed by atoms with Crippen LogP contribution in [0.1, 0.15) is 38.5 Å². The highest BCUT2D eigenvalue weighted by Gasteiger charge is 2.33. The largest absolute Gasteiger partial charge is 0.475 e. The van der Waals surface area contributed by atoms with Crippen molar-refractivity contribution in [3.05, 3.63) is 0 Å². The SMILES string of the molecule is O=P(OCC1CCCO1)(OCC1CCCO1)OCC1CCCO1. The minimum atomic E-state index is -3.62. The monoisotopic (exact) mass is 350 g/mol. The van der Waals surface area contributed by atoms with E-state index in [-0.39, 0.29) is 38.1 Å². The molecule has 3 aliphatic heterocycles. The minimum Gasteiger partial charge on any atom is -0.376 e. The molecule has 0 aromatic heterocycles. The van der Waals surface area contributed by atoms with Crippen molar-refractivity contribution >= 4 is 7.82 Å². The second kappa shape index (κ2) is 8.90. The van der Waals surface area contributed by atoms with Crippen molar-refractivity contribution < 1.29 is 32.3 Å². The lowest BCUT2D eigenvalue weighted by atomic mass is 10.2. The van der Waals surface area contributed by atoms with Crippen LogP contribution in [0.25, 0.3) is 0 Å². The van der Waals surface area contributed by atoms with Crippen LogP contribution in [0, 0.1) is 0 Å². The van der Waals surface area contributed by atoms with E-state index < -0.39 is 7.82 Å². The van der Waals surface area contributed by atoms with Crippen LogP contribution in [0.2, 0.25) is 0 Å². The molecule has 0 aliphatic carbocycles. The zero-order valence-corrected chi connectivity index (χ0v) is 14.4. The molecular formula is C15H27O7P. The van der Waals surface area contributed by atoms with Crippen molar-refractivity contribution in [3.63, 3.8) is 0 Å². The second-order valence-corrected chi connectivity index (χ2v) is 7.91. The van der Waals surface area contributed by atoms with E-state index in [0.29, 0.717) is 0 Å². The fraction of sp³-hybridized carbons (Fsp3) is 1.00. The molecule has 0 amide bonds. The number of hydrogen-bond donors (Lipinski definition) is 0. The molecule has 3 aliphatic rings. The molecule has 0 N–H and O–H groups in total. The molecule has 0 saturated carbocycles. The Kier molecular flexibility index (Phi) is 6.89. The zero-order chi connectivity index (χ0) is 16.0. The van der Waals surface area contributed by atoms with Crippen LogP contribution < -0.4 is 0 Å². The Morgan fingerprint density at radius 3 is 1.30 bits per heavy atom. The fourth-order valence-electron chi connectivity index (χ4n) is 2.96. The van der Waals surface area contributed by atoms with Gasteiger partial charge in [0.15, 0.2) is 0 Å². The third-order valence-electron chi connectivity index (χ3n) is 4.33. The molecule has 8 heteroatoms. The van der Waals surface area contributed by atoms with Gasteiger partial charge in [0.1, 0.15) is 0 Å². The van der Waals surface area contributed by atoms with Crippen LogP contribution in [-0.2, 0) is 32.3 Å². The third kappa shape index (κ3) is 5.78. The normalized spacial score (nSPS) is 34.0. The van der Waals surface area contributed by atoms with Crippen molar-refractivity contribution in [1.29, 1.82) is 0 Å². The molecule has 3 rings (SSSR count). The van der Waals surface area contributed by atoms with Gasteiger partial charge in [-0.15, -0.1) is 0 Å². The first kappa shape index (κ1) is 17.8. The van der Waals surface area contributed by atoms with Gasteiger partial charge in [-0.2, -0.15) is 0 Å². The van der Waals surface area contributed by atoms with Gasteiger partial charge in [-0.05, 0) is 38.5 Å². The Morgan fingerprint density at radius 1 is 0.696 bits per heavy atom. The molecule has 23 heavy (non-hydrogen) atoms. The van der Waals surface area contributed by atoms with E-state index in [9.17, 15) is 4.57 Å². The summed E-state index contributed by atoms with van der Waals surface area (Å²) in [4.78, 5) is 0. The van der Waals surface area contributed by atoms with Gasteiger partial charge in [0, 0.05) is 19.8 Å². The summed E-state index contributed by atoms with van der Waals surface area (Å²) >= 11 is 0. The van der Waals surface area contributed by atoms with E-state index >= 15 is 0 Å². The number of phosphoric acid groups is 1. The maximum atomic E-state index is 12.8. The smallest absolute Gasteiger partial charge is 0.376 e. The molecule has 134 valence electrons. The van der Waals surface area contributed by atoms with Gasteiger partial charge < -0.3 is 14.2 Å². The molecule has 0 radical (unpaired) electrons. The number of ether oxygens (including phenoxy) is 3. The first-order chi connectivity index (χ1) is 11.2. The molecule has 3 saturated heterocycles. The van der Waals surface area contributed by atoms with E-state index in [1.165, 1.54) is 0 Å². The summed E-state index contributed by atoms with van der Waals surface area (Å²) in [6.45, 7) is 2.88. The Hall–Kier alpha value is -0.0100. The number of rotatable bonds is 9. The molecule has 0 bridgehead atoms. The molecule has 0 aromatic carbocycles. The Labute approximate surface area is 137 Å². The average molecular weight is 350 g/mol. The molecule has 3 fully saturated rings. The number of phosphoric ester groups is 1. The summed E-state index contributed by atoms with van der Waals surface area (Å²) in [6.07, 6.45) is 5.68. The molecular weight excluding hydrogens is 323 g/mol. The summed E-state index contributed by atoms with van der Waals surface area (Å²) < 4.78 is 45.9. The first-order valence-corrected chi connectivity index (χ1v) is 10.1. The van der Waals surface area contributed by atoms with Gasteiger partial charge in [0.25, 0.3) is 0 Å². The van der Waals surface area contributed by atoms with Gasteiger partial charge >= 0.3 is 7.82 Å². The maximum absolute atomic E-state index is 12.8. The van der Waals surface area contributed by atoms with Gasteiger partial charge in [-0.1, -0.05) is 0 Å². The average Bonchev–Trinajstić information content (AvgIpc) is 3.33. The highest BCUT2D eigenvalue weighted by molar-refractivity contribution is 7.48. The van der Waals surface area contributed by atoms with Crippen molar-refractivity contribution in [1.82, 2.24) is 0 Å². The lowest BCUT2D eigenvalue weighted by molar-refractivity contribution is 0.00359. The van der Waals surface area contributed by atoms with Gasteiger partial charge in [0.2, 0.25) is 0 Å². The van der Waals surface area contributed by atoms with Gasteiger partial charge in [-0.3, -0.25) is 13.6 Å². The van der Waals surface area contributed by atoms with E-state index in [1.54, 1.807) is 0 Å². The van der Waals surface area contributed by atoms with Gasteiger partial charge in [-0.25, -0.2) is 4.57 Å². The molecule has 0 aromatic rings. The fourth-order valence-corrected chi connectivity index (χ4v) is 4.23. The van der Waals surface area contributed by atoms with Crippen LogP contribution in [0.4, 0.5) is 0 Å². The standard InChI is InChI=1S/C15H27O7P/c16-23(20-10-13-4-1-7-17-13,21-11-14-5-2-8-18-14)22-12-15-6-3-9-19-15/h13-15H,1-12H2. The van der Waals surface area contributed by atoms with Crippen LogP contribution >= 0.6 is 7.82 Å². The van der Waals surface area contributed by atoms with Crippen LogP contribution in [0.5, 0.6) is 0 Å². The predicted molar refractivity (Wildman–Crippen MR) is 82.4 cm³/mol. The van der Waals surface area contributed by atoms with Crippen molar-refractivity contribution in [2.75, 3.05) is 39.6 Å². The zero-order valence-electron chi connectivity index (χ0n) is 13.5. The lowest BCUT2D eigenvalue weighted by Gasteiger charge is -2.22. The third-order valence-corrected chi connectivity index (χ3v) is 5.72. The molecule has 3 atom stereocenters. The lowest BCUT2D eigenvalue weighted by Crippen LogP contribution is -2.20. The molecule has 3 heterocycles. The highest BCUT2D eigenvalue weighted by Crippen LogP contribution is 2.50. The predicted octanol–water partition coefficient (Wildman–Crippen LogP) is 2.68. The van der Waals surface area contributed by atoms with Crippen molar-refractivity contribution in [2.24, 2.45) is 0 Å². The highest BCUT2D eigenvalue weighted by atomic mass is 31.2. The van der Waals surface area contributed by atoms with E-state index in [0.717, 1.165) is 58.3 Å². The van der Waals surface area contributed by atoms with Crippen molar-refractivity contribution in [3.8, 4) is 0 Å². The van der Waals surface area contributed by atoms with Crippen LogP contribution in [-0.4, -0.2) is 58.0 Å². The Bertz CT molecular complexity index is 330. The van der Waals surface area contributed by atoms with Crippen molar-refractivity contribution in [2.45, 2.75) is 56.8 Å². The summed E-state index contributed by atoms with van der Waals surface area (Å²) in [6, 6.07) is 0. The summed E-state index contributed by atoms with van der Waals surface area (Å²) in [5, 5.41) is 0. The molecule has 0 spiro atoms. The van der Waals surface area contributed by atoms with E-state index in [4.69, 9.17) is 27.8 Å². The van der Waals surface area contributed by atoms with Crippen LogP contribution in [0.15, 0.2) is 0 Å². The first-order valence-electron chi connectivity index (χ1n) is 8.62. The summed E-state index contributed by atoms with van der Waals surface area (Å²) in [5.41, 5.74) is 0. The minimum absolute atomic E-state index is 0.0269. The van der Waals surface area contributed by atoms with Gasteiger partial charge in [0.05, 0.1) is 38.1 Å². The topological polar surface area (TPSA) is 72.5 Å². The Morgan fingerprint density at radius 2 is 1.04 bits per heavy atom. The quantitative estimate of drug-likeness (QED) is 0.592. The summed E-state index contributed by atoms with van der Waals surface area (Å²) in [7, 11) is -3.62. The maximum Gasteiger partial charge on any atom is 0.475 e. The molecule has 7 nitrogen and oxygen atoms in total. The molecule has 3 unspecified atom stereocenters. The van der Waals surface area contributed by atoms with Crippen LogP contribution in [0.3, 0.4) is 0 Å². The number of hydrogen-bond acceptors (Lipinski definition) is 7. The van der Waals surface area contributed by atoms with E-state index in [1.807, 2.05) is 0 Å². The summed E-state index contributed by atoms with van der Waals surface area (Å²) in [5.74, 6) is 0. The van der Waals surface area contributed by atoms with E-state index in [2.05, 4.69) is 0 Å². The Balaban J connectivity index is 1.47. The second-order valence-electron chi connectivity index (χ2n) is 6.24.